The van der Waals surface area contributed by atoms with E-state index >= 15 is 0 Å². The topological polar surface area (TPSA) is 40.5 Å². The molecule has 1 aromatic carbocycles. The van der Waals surface area contributed by atoms with Crippen LogP contribution in [-0.2, 0) is 0 Å². The summed E-state index contributed by atoms with van der Waals surface area (Å²) in [7, 11) is 0. The highest BCUT2D eigenvalue weighted by molar-refractivity contribution is 5.29. The summed E-state index contributed by atoms with van der Waals surface area (Å²) in [5, 5.41) is 19.0. The van der Waals surface area contributed by atoms with Crippen molar-refractivity contribution >= 4 is 0 Å². The molecule has 0 spiro atoms. The minimum atomic E-state index is -0.201. The average Bonchev–Trinajstić information content (AvgIpc) is 2.20. The first-order valence-electron chi connectivity index (χ1n) is 5.24. The molecular formula is C12H16O2. The summed E-state index contributed by atoms with van der Waals surface area (Å²) in [6.07, 6.45) is 4.10. The molecule has 0 aliphatic heterocycles. The van der Waals surface area contributed by atoms with Gasteiger partial charge in [-0.05, 0) is 30.5 Å². The molecule has 1 saturated carbocycles. The van der Waals surface area contributed by atoms with Crippen molar-refractivity contribution in [3.05, 3.63) is 29.8 Å². The van der Waals surface area contributed by atoms with Crippen molar-refractivity contribution in [1.29, 1.82) is 0 Å². The minimum absolute atomic E-state index is 0.201. The first-order valence-corrected chi connectivity index (χ1v) is 5.24. The van der Waals surface area contributed by atoms with Gasteiger partial charge in [-0.15, -0.1) is 0 Å². The van der Waals surface area contributed by atoms with Crippen LogP contribution in [0.4, 0.5) is 0 Å². The molecule has 0 bridgehead atoms. The second-order valence-electron chi connectivity index (χ2n) is 4.05. The first kappa shape index (κ1) is 9.53. The van der Waals surface area contributed by atoms with E-state index < -0.39 is 0 Å². The lowest BCUT2D eigenvalue weighted by Crippen LogP contribution is -2.22. The van der Waals surface area contributed by atoms with E-state index in [1.807, 2.05) is 12.1 Å². The molecule has 76 valence electrons. The molecule has 1 fully saturated rings. The van der Waals surface area contributed by atoms with Crippen LogP contribution >= 0.6 is 0 Å². The lowest BCUT2D eigenvalue weighted by atomic mass is 9.82. The summed E-state index contributed by atoms with van der Waals surface area (Å²) < 4.78 is 0. The Morgan fingerprint density at radius 3 is 2.29 bits per heavy atom. The monoisotopic (exact) mass is 192 g/mol. The van der Waals surface area contributed by atoms with E-state index in [-0.39, 0.29) is 12.0 Å². The molecule has 2 heteroatoms. The van der Waals surface area contributed by atoms with Gasteiger partial charge in [0.1, 0.15) is 5.75 Å². The predicted octanol–water partition coefficient (Wildman–Crippen LogP) is 2.41. The predicted molar refractivity (Wildman–Crippen MR) is 55.3 cm³/mol. The van der Waals surface area contributed by atoms with Crippen LogP contribution in [0, 0.1) is 0 Å². The molecule has 2 N–H and O–H groups in total. The van der Waals surface area contributed by atoms with Crippen molar-refractivity contribution in [2.45, 2.75) is 37.7 Å². The van der Waals surface area contributed by atoms with Crippen LogP contribution in [0.25, 0.3) is 0 Å². The Balaban J connectivity index is 2.16. The Labute approximate surface area is 84.2 Å². The Kier molecular flexibility index (Phi) is 2.73. The van der Waals surface area contributed by atoms with Crippen LogP contribution in [-0.4, -0.2) is 16.3 Å². The van der Waals surface area contributed by atoms with E-state index in [0.717, 1.165) is 24.8 Å². The maximum absolute atomic E-state index is 9.83. The fourth-order valence-corrected chi connectivity index (χ4v) is 2.22. The number of rotatable bonds is 1. The van der Waals surface area contributed by atoms with E-state index in [2.05, 4.69) is 0 Å². The van der Waals surface area contributed by atoms with Crippen molar-refractivity contribution in [2.75, 3.05) is 0 Å². The van der Waals surface area contributed by atoms with Gasteiger partial charge in [0.05, 0.1) is 6.10 Å². The molecule has 0 amide bonds. The van der Waals surface area contributed by atoms with Crippen LogP contribution in [0.5, 0.6) is 5.75 Å². The van der Waals surface area contributed by atoms with E-state index in [9.17, 15) is 5.11 Å². The molecule has 2 rings (SSSR count). The van der Waals surface area contributed by atoms with Crippen LogP contribution in [0.2, 0.25) is 0 Å². The molecule has 1 aliphatic carbocycles. The Morgan fingerprint density at radius 1 is 1.00 bits per heavy atom. The van der Waals surface area contributed by atoms with E-state index in [1.54, 1.807) is 12.1 Å². The number of phenols is 1. The zero-order chi connectivity index (χ0) is 9.97. The number of aliphatic hydroxyl groups is 1. The molecule has 0 radical (unpaired) electrons. The zero-order valence-corrected chi connectivity index (χ0v) is 8.19. The largest absolute Gasteiger partial charge is 0.508 e. The van der Waals surface area contributed by atoms with Gasteiger partial charge >= 0.3 is 0 Å². The maximum Gasteiger partial charge on any atom is 0.115 e. The summed E-state index contributed by atoms with van der Waals surface area (Å²) in [5.74, 6) is 0.559. The second kappa shape index (κ2) is 4.01. The van der Waals surface area contributed by atoms with Gasteiger partial charge in [0.15, 0.2) is 0 Å². The lowest BCUT2D eigenvalue weighted by Gasteiger charge is -2.27. The number of hydrogen-bond donors (Lipinski definition) is 2. The standard InChI is InChI=1S/C12H16O2/c13-10-7-5-9(6-8-10)11-3-1-2-4-12(11)14/h5-8,11-14H,1-4H2. The van der Waals surface area contributed by atoms with E-state index in [4.69, 9.17) is 5.11 Å². The van der Waals surface area contributed by atoms with Gasteiger partial charge in [0, 0.05) is 5.92 Å². The molecule has 0 heterocycles. The Hall–Kier alpha value is -1.02. The molecular weight excluding hydrogens is 176 g/mol. The van der Waals surface area contributed by atoms with Crippen molar-refractivity contribution in [3.8, 4) is 5.75 Å². The van der Waals surface area contributed by atoms with Crippen molar-refractivity contribution in [1.82, 2.24) is 0 Å². The normalized spacial score (nSPS) is 27.5. The second-order valence-corrected chi connectivity index (χ2v) is 4.05. The summed E-state index contributed by atoms with van der Waals surface area (Å²) in [6, 6.07) is 7.20. The molecule has 2 unspecified atom stereocenters. The van der Waals surface area contributed by atoms with Gasteiger partial charge in [0.2, 0.25) is 0 Å². The summed E-state index contributed by atoms with van der Waals surface area (Å²) in [6.45, 7) is 0. The molecule has 2 atom stereocenters. The highest BCUT2D eigenvalue weighted by atomic mass is 16.3. The van der Waals surface area contributed by atoms with Gasteiger partial charge in [-0.1, -0.05) is 25.0 Å². The SMILES string of the molecule is Oc1ccc(C2CCCCC2O)cc1. The van der Waals surface area contributed by atoms with Gasteiger partial charge in [-0.2, -0.15) is 0 Å². The van der Waals surface area contributed by atoms with E-state index in [0.29, 0.717) is 5.75 Å². The Morgan fingerprint density at radius 2 is 1.64 bits per heavy atom. The van der Waals surface area contributed by atoms with Crippen LogP contribution in [0.1, 0.15) is 37.2 Å². The van der Waals surface area contributed by atoms with E-state index in [1.165, 1.54) is 6.42 Å². The third-order valence-corrected chi connectivity index (χ3v) is 3.05. The van der Waals surface area contributed by atoms with Gasteiger partial charge in [0.25, 0.3) is 0 Å². The highest BCUT2D eigenvalue weighted by Gasteiger charge is 2.24. The van der Waals surface area contributed by atoms with Crippen LogP contribution < -0.4 is 0 Å². The Bertz CT molecular complexity index is 292. The number of phenolic OH excluding ortho intramolecular Hbond substituents is 1. The van der Waals surface area contributed by atoms with Crippen molar-refractivity contribution in [3.63, 3.8) is 0 Å². The summed E-state index contributed by atoms with van der Waals surface area (Å²) >= 11 is 0. The minimum Gasteiger partial charge on any atom is -0.508 e. The van der Waals surface area contributed by atoms with Crippen molar-refractivity contribution in [2.24, 2.45) is 0 Å². The smallest absolute Gasteiger partial charge is 0.115 e. The molecule has 0 aromatic heterocycles. The molecule has 14 heavy (non-hydrogen) atoms. The highest BCUT2D eigenvalue weighted by Crippen LogP contribution is 2.33. The maximum atomic E-state index is 9.83. The van der Waals surface area contributed by atoms with Gasteiger partial charge in [-0.25, -0.2) is 0 Å². The molecule has 1 aromatic rings. The summed E-state index contributed by atoms with van der Waals surface area (Å²) in [4.78, 5) is 0. The first-order chi connectivity index (χ1) is 6.77. The number of aliphatic hydroxyl groups excluding tert-OH is 1. The fourth-order valence-electron chi connectivity index (χ4n) is 2.22. The third kappa shape index (κ3) is 1.90. The quantitative estimate of drug-likeness (QED) is 0.717. The van der Waals surface area contributed by atoms with Crippen LogP contribution in [0.15, 0.2) is 24.3 Å². The number of benzene rings is 1. The lowest BCUT2D eigenvalue weighted by molar-refractivity contribution is 0.106. The van der Waals surface area contributed by atoms with Crippen molar-refractivity contribution < 1.29 is 10.2 Å². The van der Waals surface area contributed by atoms with Gasteiger partial charge in [-0.3, -0.25) is 0 Å². The molecule has 0 saturated heterocycles. The molecule has 2 nitrogen and oxygen atoms in total. The number of aromatic hydroxyl groups is 1. The van der Waals surface area contributed by atoms with Crippen LogP contribution in [0.3, 0.4) is 0 Å². The third-order valence-electron chi connectivity index (χ3n) is 3.05. The fraction of sp³-hybridized carbons (Fsp3) is 0.500. The average molecular weight is 192 g/mol. The molecule has 1 aliphatic rings. The number of hydrogen-bond acceptors (Lipinski definition) is 2. The van der Waals surface area contributed by atoms with Gasteiger partial charge < -0.3 is 10.2 Å². The summed E-state index contributed by atoms with van der Waals surface area (Å²) in [5.41, 5.74) is 1.15. The zero-order valence-electron chi connectivity index (χ0n) is 8.19.